The third kappa shape index (κ3) is 3.00. The van der Waals surface area contributed by atoms with Crippen molar-refractivity contribution in [3.05, 3.63) is 28.7 Å². The lowest BCUT2D eigenvalue weighted by atomic mass is 9.86. The van der Waals surface area contributed by atoms with Gasteiger partial charge in [-0.3, -0.25) is 4.79 Å². The Labute approximate surface area is 109 Å². The predicted octanol–water partition coefficient (Wildman–Crippen LogP) is 3.47. The Hall–Kier alpha value is -1.03. The Morgan fingerprint density at radius 1 is 1.29 bits per heavy atom. The van der Waals surface area contributed by atoms with Crippen molar-refractivity contribution < 1.29 is 14.6 Å². The van der Waals surface area contributed by atoms with Crippen LogP contribution in [0.15, 0.2) is 28.7 Å². The quantitative estimate of drug-likeness (QED) is 0.929. The van der Waals surface area contributed by atoms with Gasteiger partial charge in [-0.15, -0.1) is 0 Å². The highest BCUT2D eigenvalue weighted by Crippen LogP contribution is 2.32. The monoisotopic (exact) mass is 298 g/mol. The number of aliphatic carboxylic acids is 1. The Bertz CT molecular complexity index is 405. The van der Waals surface area contributed by atoms with Gasteiger partial charge in [-0.2, -0.15) is 0 Å². The van der Waals surface area contributed by atoms with Crippen molar-refractivity contribution >= 4 is 21.9 Å². The molecule has 0 amide bonds. The average Bonchev–Trinajstić information content (AvgIpc) is 2.32. The molecule has 17 heavy (non-hydrogen) atoms. The van der Waals surface area contributed by atoms with Gasteiger partial charge >= 0.3 is 5.97 Å². The van der Waals surface area contributed by atoms with Gasteiger partial charge in [0.05, 0.1) is 10.4 Å². The van der Waals surface area contributed by atoms with Crippen LogP contribution in [0.25, 0.3) is 0 Å². The minimum Gasteiger partial charge on any atom is -0.488 e. The highest BCUT2D eigenvalue weighted by atomic mass is 79.9. The van der Waals surface area contributed by atoms with E-state index in [1.54, 1.807) is 0 Å². The molecule has 4 heteroatoms. The SMILES string of the molecule is O=C(O)C1CCCCC1Oc1ccccc1Br. The molecule has 0 aliphatic heterocycles. The molecule has 1 aromatic carbocycles. The number of hydrogen-bond acceptors (Lipinski definition) is 2. The third-order valence-electron chi connectivity index (χ3n) is 3.13. The van der Waals surface area contributed by atoms with E-state index in [-0.39, 0.29) is 12.0 Å². The summed E-state index contributed by atoms with van der Waals surface area (Å²) >= 11 is 3.41. The highest BCUT2D eigenvalue weighted by Gasteiger charge is 2.32. The van der Waals surface area contributed by atoms with Gasteiger partial charge in [-0.05, 0) is 47.3 Å². The summed E-state index contributed by atoms with van der Waals surface area (Å²) in [4.78, 5) is 11.1. The van der Waals surface area contributed by atoms with Crippen molar-refractivity contribution in [1.82, 2.24) is 0 Å². The van der Waals surface area contributed by atoms with Crippen LogP contribution in [0.2, 0.25) is 0 Å². The Morgan fingerprint density at radius 3 is 2.71 bits per heavy atom. The number of benzene rings is 1. The zero-order valence-electron chi connectivity index (χ0n) is 9.43. The van der Waals surface area contributed by atoms with Gasteiger partial charge in [0.15, 0.2) is 0 Å². The molecule has 1 saturated carbocycles. The molecule has 1 aromatic rings. The van der Waals surface area contributed by atoms with Crippen molar-refractivity contribution in [1.29, 1.82) is 0 Å². The summed E-state index contributed by atoms with van der Waals surface area (Å²) in [6.45, 7) is 0. The molecule has 0 saturated heterocycles. The number of para-hydroxylation sites is 1. The second-order valence-corrected chi connectivity index (χ2v) is 5.17. The number of carbonyl (C=O) groups is 1. The molecule has 3 nitrogen and oxygen atoms in total. The van der Waals surface area contributed by atoms with Crippen LogP contribution in [0.4, 0.5) is 0 Å². The van der Waals surface area contributed by atoms with E-state index < -0.39 is 5.97 Å². The summed E-state index contributed by atoms with van der Waals surface area (Å²) in [6, 6.07) is 7.55. The number of carboxylic acids is 1. The first kappa shape index (κ1) is 12.4. The van der Waals surface area contributed by atoms with Crippen LogP contribution in [0.5, 0.6) is 5.75 Å². The molecule has 0 bridgehead atoms. The van der Waals surface area contributed by atoms with Gasteiger partial charge in [0, 0.05) is 0 Å². The first-order valence-corrected chi connectivity index (χ1v) is 6.62. The lowest BCUT2D eigenvalue weighted by Crippen LogP contribution is -2.35. The first-order chi connectivity index (χ1) is 8.18. The van der Waals surface area contributed by atoms with Crippen LogP contribution in [0, 0.1) is 5.92 Å². The van der Waals surface area contributed by atoms with E-state index in [2.05, 4.69) is 15.9 Å². The van der Waals surface area contributed by atoms with E-state index in [1.807, 2.05) is 24.3 Å². The van der Waals surface area contributed by atoms with E-state index in [4.69, 9.17) is 9.84 Å². The molecule has 2 rings (SSSR count). The van der Waals surface area contributed by atoms with E-state index in [0.29, 0.717) is 6.42 Å². The Balaban J connectivity index is 2.11. The molecule has 0 heterocycles. The van der Waals surface area contributed by atoms with Gasteiger partial charge in [-0.25, -0.2) is 0 Å². The largest absolute Gasteiger partial charge is 0.488 e. The van der Waals surface area contributed by atoms with E-state index in [1.165, 1.54) is 0 Å². The third-order valence-corrected chi connectivity index (χ3v) is 3.79. The van der Waals surface area contributed by atoms with Gasteiger partial charge in [0.25, 0.3) is 0 Å². The van der Waals surface area contributed by atoms with Crippen LogP contribution in [0.1, 0.15) is 25.7 Å². The number of ether oxygens (including phenoxy) is 1. The predicted molar refractivity (Wildman–Crippen MR) is 68.2 cm³/mol. The van der Waals surface area contributed by atoms with Gasteiger partial charge in [-0.1, -0.05) is 18.6 Å². The van der Waals surface area contributed by atoms with E-state index in [9.17, 15) is 4.79 Å². The van der Waals surface area contributed by atoms with Crippen LogP contribution < -0.4 is 4.74 Å². The van der Waals surface area contributed by atoms with E-state index >= 15 is 0 Å². The molecule has 2 unspecified atom stereocenters. The lowest BCUT2D eigenvalue weighted by molar-refractivity contribution is -0.146. The first-order valence-electron chi connectivity index (χ1n) is 5.82. The molecule has 2 atom stereocenters. The van der Waals surface area contributed by atoms with E-state index in [0.717, 1.165) is 29.5 Å². The number of hydrogen-bond donors (Lipinski definition) is 1. The van der Waals surface area contributed by atoms with Crippen molar-refractivity contribution in [2.75, 3.05) is 0 Å². The average molecular weight is 299 g/mol. The summed E-state index contributed by atoms with van der Waals surface area (Å²) in [5.74, 6) is -0.400. The molecule has 1 aliphatic carbocycles. The molecule has 0 radical (unpaired) electrons. The minimum atomic E-state index is -0.748. The fraction of sp³-hybridized carbons (Fsp3) is 0.462. The molecule has 1 aliphatic rings. The molecular weight excluding hydrogens is 284 g/mol. The standard InChI is InChI=1S/C13H15BrO3/c14-10-6-2-4-8-12(10)17-11-7-3-1-5-9(11)13(15)16/h2,4,6,8-9,11H,1,3,5,7H2,(H,15,16). The minimum absolute atomic E-state index is 0.208. The van der Waals surface area contributed by atoms with Crippen molar-refractivity contribution in [3.63, 3.8) is 0 Å². The summed E-state index contributed by atoms with van der Waals surface area (Å²) in [7, 11) is 0. The molecule has 0 spiro atoms. The number of carboxylic acid groups (broad SMARTS) is 1. The molecule has 1 fully saturated rings. The van der Waals surface area contributed by atoms with Crippen LogP contribution in [-0.4, -0.2) is 17.2 Å². The zero-order chi connectivity index (χ0) is 12.3. The molecule has 92 valence electrons. The summed E-state index contributed by atoms with van der Waals surface area (Å²) < 4.78 is 6.70. The molecule has 1 N–H and O–H groups in total. The van der Waals surface area contributed by atoms with Gasteiger partial charge < -0.3 is 9.84 Å². The van der Waals surface area contributed by atoms with Crippen molar-refractivity contribution in [2.24, 2.45) is 5.92 Å². The maximum absolute atomic E-state index is 11.1. The van der Waals surface area contributed by atoms with Crippen LogP contribution >= 0.6 is 15.9 Å². The van der Waals surface area contributed by atoms with Crippen LogP contribution in [0.3, 0.4) is 0 Å². The topological polar surface area (TPSA) is 46.5 Å². The second kappa shape index (κ2) is 5.54. The van der Waals surface area contributed by atoms with Crippen molar-refractivity contribution in [3.8, 4) is 5.75 Å². The maximum atomic E-state index is 11.1. The summed E-state index contributed by atoms with van der Waals surface area (Å²) in [5, 5.41) is 9.16. The fourth-order valence-electron chi connectivity index (χ4n) is 2.22. The summed E-state index contributed by atoms with van der Waals surface area (Å²) in [5.41, 5.74) is 0. The smallest absolute Gasteiger partial charge is 0.310 e. The number of halogens is 1. The lowest BCUT2D eigenvalue weighted by Gasteiger charge is -2.29. The Morgan fingerprint density at radius 2 is 2.00 bits per heavy atom. The fourth-order valence-corrected chi connectivity index (χ4v) is 2.60. The van der Waals surface area contributed by atoms with Gasteiger partial charge in [0.2, 0.25) is 0 Å². The second-order valence-electron chi connectivity index (χ2n) is 4.32. The Kier molecular flexibility index (Phi) is 4.05. The molecular formula is C13H15BrO3. The van der Waals surface area contributed by atoms with Gasteiger partial charge in [0.1, 0.15) is 11.9 Å². The highest BCUT2D eigenvalue weighted by molar-refractivity contribution is 9.10. The normalized spacial score (nSPS) is 24.3. The number of rotatable bonds is 3. The molecule has 0 aromatic heterocycles. The van der Waals surface area contributed by atoms with Crippen molar-refractivity contribution in [2.45, 2.75) is 31.8 Å². The maximum Gasteiger partial charge on any atom is 0.310 e. The zero-order valence-corrected chi connectivity index (χ0v) is 11.0. The summed E-state index contributed by atoms with van der Waals surface area (Å²) in [6.07, 6.45) is 3.34. The van der Waals surface area contributed by atoms with Crippen LogP contribution in [-0.2, 0) is 4.79 Å².